The maximum absolute atomic E-state index is 10.4. The lowest BCUT2D eigenvalue weighted by atomic mass is 10.2. The van der Waals surface area contributed by atoms with E-state index in [2.05, 4.69) is 6.92 Å². The molecule has 0 saturated heterocycles. The van der Waals surface area contributed by atoms with E-state index in [-0.39, 0.29) is 0 Å². The van der Waals surface area contributed by atoms with Crippen molar-refractivity contribution in [2.75, 3.05) is 20.1 Å². The highest BCUT2D eigenvalue weighted by molar-refractivity contribution is 5.73. The van der Waals surface area contributed by atoms with Gasteiger partial charge in [0.2, 0.25) is 0 Å². The Morgan fingerprint density at radius 1 is 1.77 bits per heavy atom. The first-order chi connectivity index (χ1) is 6.00. The minimum absolute atomic E-state index is 0.443. The molecule has 1 saturated carbocycles. The third-order valence-electron chi connectivity index (χ3n) is 2.65. The third kappa shape index (κ3) is 3.32. The lowest BCUT2D eigenvalue weighted by molar-refractivity contribution is -0.138. The SMILES string of the molecule is CC1CC1CN(C)CC(N)C(=O)O. The predicted octanol–water partition coefficient (Wildman–Crippen LogP) is -0.0139. The molecule has 0 aliphatic heterocycles. The Labute approximate surface area is 78.7 Å². The highest BCUT2D eigenvalue weighted by Gasteiger charge is 2.33. The Hall–Kier alpha value is -0.610. The third-order valence-corrected chi connectivity index (χ3v) is 2.65. The summed E-state index contributed by atoms with van der Waals surface area (Å²) in [6.45, 7) is 3.64. The molecule has 0 bridgehead atoms. The fourth-order valence-electron chi connectivity index (χ4n) is 1.54. The quantitative estimate of drug-likeness (QED) is 0.633. The number of carbonyl (C=O) groups is 1. The topological polar surface area (TPSA) is 66.6 Å². The van der Waals surface area contributed by atoms with Crippen molar-refractivity contribution in [2.45, 2.75) is 19.4 Å². The van der Waals surface area contributed by atoms with E-state index in [0.29, 0.717) is 6.54 Å². The Bertz CT molecular complexity index is 196. The highest BCUT2D eigenvalue weighted by Crippen LogP contribution is 2.37. The molecule has 0 aromatic rings. The van der Waals surface area contributed by atoms with Crippen LogP contribution in [-0.4, -0.2) is 42.2 Å². The second-order valence-electron chi connectivity index (χ2n) is 4.14. The van der Waals surface area contributed by atoms with Gasteiger partial charge in [-0.1, -0.05) is 6.92 Å². The van der Waals surface area contributed by atoms with Crippen LogP contribution in [0.2, 0.25) is 0 Å². The fourth-order valence-corrected chi connectivity index (χ4v) is 1.54. The Morgan fingerprint density at radius 3 is 2.69 bits per heavy atom. The van der Waals surface area contributed by atoms with Crippen LogP contribution in [0.3, 0.4) is 0 Å². The van der Waals surface area contributed by atoms with Crippen molar-refractivity contribution >= 4 is 5.97 Å². The first-order valence-electron chi connectivity index (χ1n) is 4.67. The minimum Gasteiger partial charge on any atom is -0.480 e. The van der Waals surface area contributed by atoms with Crippen LogP contribution >= 0.6 is 0 Å². The second-order valence-corrected chi connectivity index (χ2v) is 4.14. The van der Waals surface area contributed by atoms with Gasteiger partial charge in [0.15, 0.2) is 0 Å². The van der Waals surface area contributed by atoms with Crippen molar-refractivity contribution in [3.05, 3.63) is 0 Å². The van der Waals surface area contributed by atoms with E-state index in [1.807, 2.05) is 11.9 Å². The summed E-state index contributed by atoms with van der Waals surface area (Å²) in [7, 11) is 1.92. The summed E-state index contributed by atoms with van der Waals surface area (Å²) in [5.74, 6) is 0.644. The first kappa shape index (κ1) is 10.5. The number of aliphatic carboxylic acids is 1. The van der Waals surface area contributed by atoms with Crippen molar-refractivity contribution in [1.29, 1.82) is 0 Å². The predicted molar refractivity (Wildman–Crippen MR) is 50.4 cm³/mol. The summed E-state index contributed by atoms with van der Waals surface area (Å²) in [6, 6.07) is -0.751. The van der Waals surface area contributed by atoms with Gasteiger partial charge in [-0.25, -0.2) is 0 Å². The number of rotatable bonds is 5. The van der Waals surface area contributed by atoms with E-state index >= 15 is 0 Å². The highest BCUT2D eigenvalue weighted by atomic mass is 16.4. The van der Waals surface area contributed by atoms with Gasteiger partial charge in [0.25, 0.3) is 0 Å². The number of nitrogens with two attached hydrogens (primary N) is 1. The largest absolute Gasteiger partial charge is 0.480 e. The van der Waals surface area contributed by atoms with Gasteiger partial charge in [-0.2, -0.15) is 0 Å². The second kappa shape index (κ2) is 4.07. The Kier molecular flexibility index (Phi) is 3.27. The molecule has 0 aromatic heterocycles. The summed E-state index contributed by atoms with van der Waals surface area (Å²) in [5.41, 5.74) is 5.41. The first-order valence-corrected chi connectivity index (χ1v) is 4.67. The number of likely N-dealkylation sites (N-methyl/N-ethyl adjacent to an activating group) is 1. The lowest BCUT2D eigenvalue weighted by Crippen LogP contribution is -2.41. The van der Waals surface area contributed by atoms with Crippen molar-refractivity contribution in [1.82, 2.24) is 4.90 Å². The van der Waals surface area contributed by atoms with Gasteiger partial charge in [0.05, 0.1) is 0 Å². The van der Waals surface area contributed by atoms with Gasteiger partial charge < -0.3 is 15.7 Å². The molecule has 0 amide bonds. The molecule has 3 unspecified atom stereocenters. The molecule has 76 valence electrons. The Balaban J connectivity index is 2.17. The molecule has 0 spiro atoms. The van der Waals surface area contributed by atoms with Gasteiger partial charge >= 0.3 is 5.97 Å². The molecule has 1 aliphatic rings. The zero-order valence-electron chi connectivity index (χ0n) is 8.23. The molecule has 3 N–H and O–H groups in total. The summed E-state index contributed by atoms with van der Waals surface area (Å²) >= 11 is 0. The van der Waals surface area contributed by atoms with E-state index in [9.17, 15) is 4.79 Å². The van der Waals surface area contributed by atoms with Crippen molar-refractivity contribution in [3.8, 4) is 0 Å². The molecule has 0 aromatic carbocycles. The van der Waals surface area contributed by atoms with Gasteiger partial charge in [-0.05, 0) is 25.3 Å². The number of carboxylic acids is 1. The smallest absolute Gasteiger partial charge is 0.321 e. The van der Waals surface area contributed by atoms with Crippen LogP contribution in [0.5, 0.6) is 0 Å². The normalized spacial score (nSPS) is 28.9. The maximum Gasteiger partial charge on any atom is 0.321 e. The summed E-state index contributed by atoms with van der Waals surface area (Å²) in [4.78, 5) is 12.5. The van der Waals surface area contributed by atoms with E-state index in [4.69, 9.17) is 10.8 Å². The van der Waals surface area contributed by atoms with Crippen LogP contribution < -0.4 is 5.73 Å². The van der Waals surface area contributed by atoms with Crippen LogP contribution in [0.1, 0.15) is 13.3 Å². The molecule has 1 aliphatic carbocycles. The number of hydrogen-bond acceptors (Lipinski definition) is 3. The number of hydrogen-bond donors (Lipinski definition) is 2. The fraction of sp³-hybridized carbons (Fsp3) is 0.889. The zero-order chi connectivity index (χ0) is 10.0. The summed E-state index contributed by atoms with van der Waals surface area (Å²) in [6.07, 6.45) is 1.27. The minimum atomic E-state index is -0.921. The molecule has 3 atom stereocenters. The van der Waals surface area contributed by atoms with Gasteiger partial charge in [-0.15, -0.1) is 0 Å². The van der Waals surface area contributed by atoms with Crippen molar-refractivity contribution in [2.24, 2.45) is 17.6 Å². The Morgan fingerprint density at radius 2 is 2.31 bits per heavy atom. The molecule has 13 heavy (non-hydrogen) atoms. The summed E-state index contributed by atoms with van der Waals surface area (Å²) < 4.78 is 0. The van der Waals surface area contributed by atoms with Crippen LogP contribution in [0.4, 0.5) is 0 Å². The lowest BCUT2D eigenvalue weighted by Gasteiger charge is -2.18. The molecule has 0 radical (unpaired) electrons. The number of carboxylic acid groups (broad SMARTS) is 1. The average Bonchev–Trinajstić information content (AvgIpc) is 2.65. The standard InChI is InChI=1S/C9H18N2O2/c1-6-3-7(6)4-11(2)5-8(10)9(12)13/h6-8H,3-5,10H2,1-2H3,(H,12,13). The van der Waals surface area contributed by atoms with Crippen LogP contribution in [0.15, 0.2) is 0 Å². The van der Waals surface area contributed by atoms with Crippen molar-refractivity contribution in [3.63, 3.8) is 0 Å². The van der Waals surface area contributed by atoms with Gasteiger partial charge in [0, 0.05) is 13.1 Å². The van der Waals surface area contributed by atoms with E-state index in [1.165, 1.54) is 6.42 Å². The van der Waals surface area contributed by atoms with Gasteiger partial charge in [-0.3, -0.25) is 4.79 Å². The van der Waals surface area contributed by atoms with Crippen LogP contribution in [0, 0.1) is 11.8 Å². The monoisotopic (exact) mass is 186 g/mol. The van der Waals surface area contributed by atoms with Crippen LogP contribution in [0.25, 0.3) is 0 Å². The van der Waals surface area contributed by atoms with E-state index < -0.39 is 12.0 Å². The molecule has 4 heteroatoms. The molecular weight excluding hydrogens is 168 g/mol. The average molecular weight is 186 g/mol. The van der Waals surface area contributed by atoms with Crippen LogP contribution in [-0.2, 0) is 4.79 Å². The molecule has 1 fully saturated rings. The molecular formula is C9H18N2O2. The zero-order valence-corrected chi connectivity index (χ0v) is 8.23. The molecule has 0 heterocycles. The maximum atomic E-state index is 10.4. The van der Waals surface area contributed by atoms with Crippen molar-refractivity contribution < 1.29 is 9.90 Å². The summed E-state index contributed by atoms with van der Waals surface area (Å²) in [5, 5.41) is 8.58. The molecule has 1 rings (SSSR count). The van der Waals surface area contributed by atoms with E-state index in [1.54, 1.807) is 0 Å². The van der Waals surface area contributed by atoms with E-state index in [0.717, 1.165) is 18.4 Å². The number of nitrogens with zero attached hydrogens (tertiary/aromatic N) is 1. The van der Waals surface area contributed by atoms with Gasteiger partial charge in [0.1, 0.15) is 6.04 Å². The molecule has 4 nitrogen and oxygen atoms in total.